The molecular weight excluding hydrogens is 160 g/mol. The van der Waals surface area contributed by atoms with E-state index in [1.807, 2.05) is 0 Å². The van der Waals surface area contributed by atoms with Crippen molar-refractivity contribution >= 4 is 0 Å². The Balaban J connectivity index is 0. The van der Waals surface area contributed by atoms with Crippen molar-refractivity contribution in [1.82, 2.24) is 0 Å². The van der Waals surface area contributed by atoms with E-state index in [1.165, 1.54) is 0 Å². The molecule has 0 spiro atoms. The number of hydrogen-bond donors (Lipinski definition) is 0. The van der Waals surface area contributed by atoms with Crippen molar-refractivity contribution < 1.29 is 69.7 Å². The van der Waals surface area contributed by atoms with E-state index in [0.717, 1.165) is 0 Å². The summed E-state index contributed by atoms with van der Waals surface area (Å²) >= 11 is 0. The molecule has 5 heteroatoms. The van der Waals surface area contributed by atoms with Gasteiger partial charge in [0.15, 0.2) is 0 Å². The normalized spacial score (nSPS) is 12.7. The molecule has 0 aromatic rings. The fraction of sp³-hybridized carbons (Fsp3) is 1.00. The summed E-state index contributed by atoms with van der Waals surface area (Å²) in [7, 11) is 0. The molecule has 0 atom stereocenters. The SMILES string of the molecule is CC(C)([O-])C(F)(F)F.[K+]. The van der Waals surface area contributed by atoms with Crippen LogP contribution in [0.4, 0.5) is 13.2 Å². The van der Waals surface area contributed by atoms with Gasteiger partial charge >= 0.3 is 57.6 Å². The first kappa shape index (κ1) is 13.0. The summed E-state index contributed by atoms with van der Waals surface area (Å²) in [4.78, 5) is 0. The molecule has 0 radical (unpaired) electrons. The van der Waals surface area contributed by atoms with Crippen molar-refractivity contribution in [2.24, 2.45) is 0 Å². The molecule has 9 heavy (non-hydrogen) atoms. The van der Waals surface area contributed by atoms with E-state index in [9.17, 15) is 18.3 Å². The third-order valence-corrected chi connectivity index (χ3v) is 0.683. The number of halogens is 3. The molecule has 0 aliphatic heterocycles. The van der Waals surface area contributed by atoms with Crippen LogP contribution in [0.2, 0.25) is 0 Å². The van der Waals surface area contributed by atoms with E-state index in [-0.39, 0.29) is 51.4 Å². The first-order chi connectivity index (χ1) is 3.25. The van der Waals surface area contributed by atoms with Crippen LogP contribution in [0.3, 0.4) is 0 Å². The summed E-state index contributed by atoms with van der Waals surface area (Å²) in [5, 5.41) is 10.0. The molecule has 0 aromatic heterocycles. The summed E-state index contributed by atoms with van der Waals surface area (Å²) in [5.74, 6) is 0. The van der Waals surface area contributed by atoms with Crippen LogP contribution in [0.25, 0.3) is 0 Å². The molecule has 0 bridgehead atoms. The van der Waals surface area contributed by atoms with Crippen molar-refractivity contribution in [2.75, 3.05) is 0 Å². The zero-order valence-electron chi connectivity index (χ0n) is 5.54. The molecule has 0 aliphatic carbocycles. The molecule has 0 fully saturated rings. The summed E-state index contributed by atoms with van der Waals surface area (Å²) < 4.78 is 33.8. The zero-order chi connectivity index (χ0) is 7.00. The third kappa shape index (κ3) is 4.75. The molecule has 0 saturated carbocycles. The van der Waals surface area contributed by atoms with E-state index in [2.05, 4.69) is 0 Å². The van der Waals surface area contributed by atoms with E-state index in [1.54, 1.807) is 0 Å². The van der Waals surface area contributed by atoms with E-state index < -0.39 is 11.8 Å². The first-order valence-corrected chi connectivity index (χ1v) is 2.02. The second kappa shape index (κ2) is 3.68. The van der Waals surface area contributed by atoms with Crippen molar-refractivity contribution in [1.29, 1.82) is 0 Å². The second-order valence-electron chi connectivity index (χ2n) is 2.01. The van der Waals surface area contributed by atoms with Gasteiger partial charge in [-0.15, -0.1) is 0 Å². The minimum absolute atomic E-state index is 0. The van der Waals surface area contributed by atoms with Crippen LogP contribution in [-0.4, -0.2) is 11.8 Å². The predicted molar refractivity (Wildman–Crippen MR) is 20.1 cm³/mol. The van der Waals surface area contributed by atoms with E-state index >= 15 is 0 Å². The van der Waals surface area contributed by atoms with Gasteiger partial charge in [0.2, 0.25) is 0 Å². The minimum Gasteiger partial charge on any atom is -0.843 e. The van der Waals surface area contributed by atoms with Crippen molar-refractivity contribution in [3.05, 3.63) is 0 Å². The number of hydrogen-bond acceptors (Lipinski definition) is 1. The summed E-state index contributed by atoms with van der Waals surface area (Å²) in [6.45, 7) is 1.18. The molecule has 0 saturated heterocycles. The number of alkyl halides is 3. The van der Waals surface area contributed by atoms with Gasteiger partial charge < -0.3 is 5.11 Å². The van der Waals surface area contributed by atoms with Crippen molar-refractivity contribution in [3.8, 4) is 0 Å². The molecule has 0 N–H and O–H groups in total. The average molecular weight is 166 g/mol. The molecule has 1 nitrogen and oxygen atoms in total. The maximum atomic E-state index is 11.2. The van der Waals surface area contributed by atoms with Crippen LogP contribution >= 0.6 is 0 Å². The zero-order valence-corrected chi connectivity index (χ0v) is 8.67. The van der Waals surface area contributed by atoms with E-state index in [0.29, 0.717) is 13.8 Å². The molecule has 0 aromatic carbocycles. The Labute approximate surface area is 94.0 Å². The number of rotatable bonds is 0. The first-order valence-electron chi connectivity index (χ1n) is 2.02. The molecule has 0 amide bonds. The van der Waals surface area contributed by atoms with Gasteiger partial charge in [-0.05, 0) is 5.60 Å². The molecular formula is C4H6F3KO. The average Bonchev–Trinajstić information content (AvgIpc) is 1.25. The summed E-state index contributed by atoms with van der Waals surface area (Å²) in [6, 6.07) is 0. The summed E-state index contributed by atoms with van der Waals surface area (Å²) in [6.07, 6.45) is -4.62. The van der Waals surface area contributed by atoms with Gasteiger partial charge in [0.05, 0.1) is 0 Å². The molecule has 0 unspecified atom stereocenters. The predicted octanol–water partition coefficient (Wildman–Crippen LogP) is -2.31. The van der Waals surface area contributed by atoms with Crippen LogP contribution in [0.15, 0.2) is 0 Å². The van der Waals surface area contributed by atoms with Gasteiger partial charge in [-0.25, -0.2) is 0 Å². The van der Waals surface area contributed by atoms with Gasteiger partial charge in [-0.2, -0.15) is 13.2 Å². The van der Waals surface area contributed by atoms with Gasteiger partial charge in [-0.3, -0.25) is 0 Å². The molecule has 50 valence electrons. The van der Waals surface area contributed by atoms with E-state index in [4.69, 9.17) is 0 Å². The van der Waals surface area contributed by atoms with Gasteiger partial charge in [0.1, 0.15) is 0 Å². The fourth-order valence-electron chi connectivity index (χ4n) is 0. The molecule has 0 rings (SSSR count). The van der Waals surface area contributed by atoms with Crippen LogP contribution in [0.5, 0.6) is 0 Å². The van der Waals surface area contributed by atoms with Crippen LogP contribution in [0, 0.1) is 0 Å². The Morgan fingerprint density at radius 3 is 1.22 bits per heavy atom. The van der Waals surface area contributed by atoms with Crippen molar-refractivity contribution in [3.63, 3.8) is 0 Å². The largest absolute Gasteiger partial charge is 1.00 e. The Kier molecular flexibility index (Phi) is 5.33. The van der Waals surface area contributed by atoms with Gasteiger partial charge in [0, 0.05) is 0 Å². The monoisotopic (exact) mass is 166 g/mol. The third-order valence-electron chi connectivity index (χ3n) is 0.683. The maximum absolute atomic E-state index is 11.2. The Hall–Kier alpha value is 1.39. The van der Waals surface area contributed by atoms with Crippen molar-refractivity contribution in [2.45, 2.75) is 25.6 Å². The van der Waals surface area contributed by atoms with Gasteiger partial charge in [0.25, 0.3) is 0 Å². The Morgan fingerprint density at radius 2 is 1.22 bits per heavy atom. The second-order valence-corrected chi connectivity index (χ2v) is 2.01. The van der Waals surface area contributed by atoms with Gasteiger partial charge in [-0.1, -0.05) is 13.8 Å². The molecule has 0 aliphatic rings. The maximum Gasteiger partial charge on any atom is 1.00 e. The Bertz CT molecular complexity index is 70.8. The molecule has 0 heterocycles. The van der Waals surface area contributed by atoms with Crippen LogP contribution < -0.4 is 56.5 Å². The van der Waals surface area contributed by atoms with Crippen LogP contribution in [0.1, 0.15) is 13.8 Å². The standard InChI is InChI=1S/C4H6F3O.K/c1-3(2,8)4(5,6)7;/h1-2H3;/q-1;+1. The fourth-order valence-corrected chi connectivity index (χ4v) is 0. The minimum atomic E-state index is -4.62. The smallest absolute Gasteiger partial charge is 0.843 e. The quantitative estimate of drug-likeness (QED) is 0.371. The Morgan fingerprint density at radius 1 is 1.11 bits per heavy atom. The topological polar surface area (TPSA) is 23.1 Å². The van der Waals surface area contributed by atoms with Crippen LogP contribution in [-0.2, 0) is 0 Å². The summed E-state index contributed by atoms with van der Waals surface area (Å²) in [5.41, 5.74) is -2.81.